The van der Waals surface area contributed by atoms with Gasteiger partial charge < -0.3 is 0 Å². The van der Waals surface area contributed by atoms with Crippen LogP contribution >= 0.6 is 11.3 Å². The van der Waals surface area contributed by atoms with Gasteiger partial charge in [0.25, 0.3) is 0 Å². The molecule has 1 aromatic heterocycles. The maximum Gasteiger partial charge on any atom is 0.146 e. The summed E-state index contributed by atoms with van der Waals surface area (Å²) in [5.41, 5.74) is 1.33. The van der Waals surface area contributed by atoms with Gasteiger partial charge in [-0.3, -0.25) is 9.69 Å². The van der Waals surface area contributed by atoms with E-state index in [9.17, 15) is 4.79 Å². The highest BCUT2D eigenvalue weighted by Crippen LogP contribution is 2.13. The maximum absolute atomic E-state index is 11.2. The van der Waals surface area contributed by atoms with Crippen LogP contribution in [0.5, 0.6) is 0 Å². The first kappa shape index (κ1) is 8.91. The van der Waals surface area contributed by atoms with E-state index >= 15 is 0 Å². The SMILES string of the molecule is O=C1CCCN(Cc2ccsc2)C1. The van der Waals surface area contributed by atoms with Crippen molar-refractivity contribution < 1.29 is 4.79 Å². The Kier molecular flexibility index (Phi) is 2.76. The number of piperidine rings is 1. The molecule has 1 aliphatic heterocycles. The zero-order valence-corrected chi connectivity index (χ0v) is 8.35. The summed E-state index contributed by atoms with van der Waals surface area (Å²) < 4.78 is 0. The number of rotatable bonds is 2. The Bertz CT molecular complexity index is 281. The van der Waals surface area contributed by atoms with Gasteiger partial charge in [-0.1, -0.05) is 0 Å². The third-order valence-corrected chi connectivity index (χ3v) is 3.05. The number of nitrogens with zero attached hydrogens (tertiary/aromatic N) is 1. The summed E-state index contributed by atoms with van der Waals surface area (Å²) in [4.78, 5) is 13.4. The average Bonchev–Trinajstić information content (AvgIpc) is 2.57. The lowest BCUT2D eigenvalue weighted by atomic mass is 10.1. The number of likely N-dealkylation sites (tertiary alicyclic amines) is 1. The van der Waals surface area contributed by atoms with Crippen LogP contribution in [0, 0.1) is 0 Å². The fraction of sp³-hybridized carbons (Fsp3) is 0.500. The van der Waals surface area contributed by atoms with Crippen molar-refractivity contribution in [1.29, 1.82) is 0 Å². The van der Waals surface area contributed by atoms with Crippen molar-refractivity contribution in [2.75, 3.05) is 13.1 Å². The van der Waals surface area contributed by atoms with Gasteiger partial charge in [0.1, 0.15) is 5.78 Å². The lowest BCUT2D eigenvalue weighted by molar-refractivity contribution is -0.122. The molecule has 2 nitrogen and oxygen atoms in total. The highest BCUT2D eigenvalue weighted by atomic mass is 32.1. The van der Waals surface area contributed by atoms with Gasteiger partial charge >= 0.3 is 0 Å². The van der Waals surface area contributed by atoms with E-state index in [-0.39, 0.29) is 0 Å². The van der Waals surface area contributed by atoms with Crippen LogP contribution in [0.15, 0.2) is 16.8 Å². The second kappa shape index (κ2) is 4.03. The smallest absolute Gasteiger partial charge is 0.146 e. The lowest BCUT2D eigenvalue weighted by Gasteiger charge is -2.24. The molecule has 2 heterocycles. The second-order valence-electron chi connectivity index (χ2n) is 3.48. The van der Waals surface area contributed by atoms with Crippen molar-refractivity contribution in [2.24, 2.45) is 0 Å². The Morgan fingerprint density at radius 1 is 1.54 bits per heavy atom. The fourth-order valence-electron chi connectivity index (χ4n) is 1.68. The highest BCUT2D eigenvalue weighted by molar-refractivity contribution is 7.07. The summed E-state index contributed by atoms with van der Waals surface area (Å²) >= 11 is 1.72. The molecule has 0 saturated carbocycles. The number of carbonyl (C=O) groups is 1. The Morgan fingerprint density at radius 2 is 2.46 bits per heavy atom. The second-order valence-corrected chi connectivity index (χ2v) is 4.26. The Morgan fingerprint density at radius 3 is 3.15 bits per heavy atom. The monoisotopic (exact) mass is 195 g/mol. The summed E-state index contributed by atoms with van der Waals surface area (Å²) in [7, 11) is 0. The molecule has 0 aromatic carbocycles. The molecule has 0 amide bonds. The van der Waals surface area contributed by atoms with Crippen molar-refractivity contribution in [3.63, 3.8) is 0 Å². The summed E-state index contributed by atoms with van der Waals surface area (Å²) in [5.74, 6) is 0.390. The molecular formula is C10H13NOS. The topological polar surface area (TPSA) is 20.3 Å². The molecule has 1 aliphatic rings. The normalized spacial score (nSPS) is 19.2. The first-order valence-electron chi connectivity index (χ1n) is 4.60. The molecule has 1 fully saturated rings. The standard InChI is InChI=1S/C10H13NOS/c12-10-2-1-4-11(7-10)6-9-3-5-13-8-9/h3,5,8H,1-2,4,6-7H2. The van der Waals surface area contributed by atoms with Gasteiger partial charge in [0, 0.05) is 13.0 Å². The van der Waals surface area contributed by atoms with E-state index in [1.54, 1.807) is 11.3 Å². The van der Waals surface area contributed by atoms with E-state index in [2.05, 4.69) is 21.7 Å². The quantitative estimate of drug-likeness (QED) is 0.718. The van der Waals surface area contributed by atoms with Crippen molar-refractivity contribution in [2.45, 2.75) is 19.4 Å². The van der Waals surface area contributed by atoms with Gasteiger partial charge in [-0.15, -0.1) is 0 Å². The van der Waals surface area contributed by atoms with Crippen LogP contribution < -0.4 is 0 Å². The number of ketones is 1. The number of hydrogen-bond donors (Lipinski definition) is 0. The Labute approximate surface area is 82.2 Å². The largest absolute Gasteiger partial charge is 0.298 e. The maximum atomic E-state index is 11.2. The molecule has 0 spiro atoms. The van der Waals surface area contributed by atoms with Gasteiger partial charge in [0.15, 0.2) is 0 Å². The molecule has 0 atom stereocenters. The van der Waals surface area contributed by atoms with E-state index < -0.39 is 0 Å². The molecule has 0 bridgehead atoms. The van der Waals surface area contributed by atoms with Crippen LogP contribution in [-0.4, -0.2) is 23.8 Å². The third kappa shape index (κ3) is 2.39. The third-order valence-electron chi connectivity index (χ3n) is 2.32. The molecule has 13 heavy (non-hydrogen) atoms. The van der Waals surface area contributed by atoms with Crippen LogP contribution in [0.2, 0.25) is 0 Å². The number of carbonyl (C=O) groups excluding carboxylic acids is 1. The van der Waals surface area contributed by atoms with Crippen LogP contribution in [0.3, 0.4) is 0 Å². The number of hydrogen-bond acceptors (Lipinski definition) is 3. The van der Waals surface area contributed by atoms with Gasteiger partial charge in [-0.25, -0.2) is 0 Å². The Hall–Kier alpha value is -0.670. The molecule has 3 heteroatoms. The minimum atomic E-state index is 0.390. The van der Waals surface area contributed by atoms with E-state index in [1.165, 1.54) is 5.56 Å². The molecule has 70 valence electrons. The van der Waals surface area contributed by atoms with E-state index in [4.69, 9.17) is 0 Å². The molecule has 1 saturated heterocycles. The zero-order valence-electron chi connectivity index (χ0n) is 7.53. The van der Waals surface area contributed by atoms with Gasteiger partial charge in [0.05, 0.1) is 6.54 Å². The first-order chi connectivity index (χ1) is 6.34. The van der Waals surface area contributed by atoms with Crippen molar-refractivity contribution in [3.05, 3.63) is 22.4 Å². The molecule has 1 aromatic rings. The summed E-state index contributed by atoms with van der Waals surface area (Å²) in [6, 6.07) is 2.13. The van der Waals surface area contributed by atoms with E-state index in [0.717, 1.165) is 25.9 Å². The van der Waals surface area contributed by atoms with E-state index in [0.29, 0.717) is 12.3 Å². The van der Waals surface area contributed by atoms with Crippen molar-refractivity contribution >= 4 is 17.1 Å². The predicted octanol–water partition coefficient (Wildman–Crippen LogP) is 1.91. The summed E-state index contributed by atoms with van der Waals surface area (Å²) in [6.45, 7) is 2.66. The summed E-state index contributed by atoms with van der Waals surface area (Å²) in [5, 5.41) is 4.24. The number of thiophene rings is 1. The predicted molar refractivity (Wildman–Crippen MR) is 53.8 cm³/mol. The zero-order chi connectivity index (χ0) is 9.10. The molecule has 0 N–H and O–H groups in total. The molecule has 0 aliphatic carbocycles. The number of Topliss-reactive ketones (excluding diaryl/α,β-unsaturated/α-hetero) is 1. The van der Waals surface area contributed by atoms with Gasteiger partial charge in [-0.05, 0) is 35.4 Å². The lowest BCUT2D eigenvalue weighted by Crippen LogP contribution is -2.34. The minimum absolute atomic E-state index is 0.390. The fourth-order valence-corrected chi connectivity index (χ4v) is 2.34. The van der Waals surface area contributed by atoms with Crippen LogP contribution in [0.25, 0.3) is 0 Å². The van der Waals surface area contributed by atoms with Crippen LogP contribution in [-0.2, 0) is 11.3 Å². The molecular weight excluding hydrogens is 182 g/mol. The van der Waals surface area contributed by atoms with Crippen molar-refractivity contribution in [1.82, 2.24) is 4.90 Å². The molecule has 2 rings (SSSR count). The first-order valence-corrected chi connectivity index (χ1v) is 5.54. The highest BCUT2D eigenvalue weighted by Gasteiger charge is 2.16. The minimum Gasteiger partial charge on any atom is -0.298 e. The molecule has 0 radical (unpaired) electrons. The van der Waals surface area contributed by atoms with Crippen molar-refractivity contribution in [3.8, 4) is 0 Å². The average molecular weight is 195 g/mol. The molecule has 0 unspecified atom stereocenters. The van der Waals surface area contributed by atoms with Gasteiger partial charge in [0.2, 0.25) is 0 Å². The summed E-state index contributed by atoms with van der Waals surface area (Å²) in [6.07, 6.45) is 1.81. The van der Waals surface area contributed by atoms with Crippen LogP contribution in [0.1, 0.15) is 18.4 Å². The van der Waals surface area contributed by atoms with E-state index in [1.807, 2.05) is 0 Å². The van der Waals surface area contributed by atoms with Gasteiger partial charge in [-0.2, -0.15) is 11.3 Å². The van der Waals surface area contributed by atoms with Crippen LogP contribution in [0.4, 0.5) is 0 Å². The Balaban J connectivity index is 1.91.